The molecule has 1 aliphatic heterocycles. The molecule has 3 aromatic rings. The Morgan fingerprint density at radius 2 is 1.50 bits per heavy atom. The zero-order chi connectivity index (χ0) is 21.8. The molecular formula is C29H35BIrNO2-. The second-order valence-electron chi connectivity index (χ2n) is 11.8. The molecule has 0 N–H and O–H groups in total. The van der Waals surface area contributed by atoms with Crippen LogP contribution in [0.3, 0.4) is 0 Å². The summed E-state index contributed by atoms with van der Waals surface area (Å²) in [5.41, 5.74) is 4.63. The normalized spacial score (nSPS) is 30.1. The molecule has 3 fully saturated rings. The van der Waals surface area contributed by atoms with Gasteiger partial charge in [0, 0.05) is 26.3 Å². The van der Waals surface area contributed by atoms with Crippen molar-refractivity contribution in [2.24, 2.45) is 11.8 Å². The van der Waals surface area contributed by atoms with E-state index in [1.165, 1.54) is 37.5 Å². The molecule has 2 saturated carbocycles. The first-order valence-electron chi connectivity index (χ1n) is 12.4. The average Bonchev–Trinajstić information content (AvgIpc) is 2.84. The summed E-state index contributed by atoms with van der Waals surface area (Å²) < 4.78 is 12.8. The Labute approximate surface area is 217 Å². The maximum atomic E-state index is 6.39. The minimum absolute atomic E-state index is 0. The smallest absolute Gasteiger partial charge is 0.400 e. The van der Waals surface area contributed by atoms with Crippen LogP contribution in [0.25, 0.3) is 21.7 Å². The van der Waals surface area contributed by atoms with Crippen LogP contribution in [0, 0.1) is 17.9 Å². The topological polar surface area (TPSA) is 31.4 Å². The van der Waals surface area contributed by atoms with Crippen LogP contribution in [0.15, 0.2) is 30.5 Å². The van der Waals surface area contributed by atoms with E-state index < -0.39 is 0 Å². The molecule has 4 bridgehead atoms. The van der Waals surface area contributed by atoms with Crippen LogP contribution in [0.5, 0.6) is 0 Å². The van der Waals surface area contributed by atoms with Gasteiger partial charge in [-0.25, -0.2) is 0 Å². The molecule has 1 radical (unpaired) electrons. The monoisotopic (exact) mass is 633 g/mol. The second-order valence-corrected chi connectivity index (χ2v) is 11.8. The van der Waals surface area contributed by atoms with Crippen molar-refractivity contribution in [3.8, 4) is 0 Å². The molecule has 8 rings (SSSR count). The third kappa shape index (κ3) is 3.38. The summed E-state index contributed by atoms with van der Waals surface area (Å²) in [6, 6.07) is 12.2. The van der Waals surface area contributed by atoms with Crippen molar-refractivity contribution in [3.63, 3.8) is 0 Å². The summed E-state index contributed by atoms with van der Waals surface area (Å²) in [7, 11) is -0.373. The Morgan fingerprint density at radius 3 is 2.18 bits per heavy atom. The van der Waals surface area contributed by atoms with Crippen molar-refractivity contribution < 1.29 is 29.4 Å². The molecule has 2 heterocycles. The number of rotatable bonds is 1. The van der Waals surface area contributed by atoms with Crippen molar-refractivity contribution in [1.82, 2.24) is 4.98 Å². The standard InChI is InChI=1S/C28H31BNO2.CH4.Ir/c1-27(2)28(3,4)32-29(31-27)24-7-5-6-21-20(24)8-9-22-25-19-13-16-10-17(14-19)12-18(11-16)23(25)15-30-26(21)22;;/h5,7-9,15-19H,10-14H2,1-4H3;1H4;/q-1;;. The van der Waals surface area contributed by atoms with Crippen molar-refractivity contribution >= 4 is 34.3 Å². The van der Waals surface area contributed by atoms with E-state index >= 15 is 0 Å². The molecule has 2 atom stereocenters. The molecule has 5 aliphatic rings. The van der Waals surface area contributed by atoms with Gasteiger partial charge in [0.2, 0.25) is 0 Å². The number of fused-ring (bicyclic) bond motifs is 3. The third-order valence-electron chi connectivity index (χ3n) is 9.41. The van der Waals surface area contributed by atoms with Gasteiger partial charge >= 0.3 is 7.12 Å². The van der Waals surface area contributed by atoms with Gasteiger partial charge in [-0.3, -0.25) is 0 Å². The minimum Gasteiger partial charge on any atom is -0.400 e. The molecule has 181 valence electrons. The third-order valence-corrected chi connectivity index (χ3v) is 9.41. The predicted octanol–water partition coefficient (Wildman–Crippen LogP) is 6.51. The molecule has 1 saturated heterocycles. The molecule has 5 heteroatoms. The summed E-state index contributed by atoms with van der Waals surface area (Å²) in [5.74, 6) is 3.26. The van der Waals surface area contributed by atoms with E-state index in [2.05, 4.69) is 58.2 Å². The molecule has 1 aromatic heterocycles. The molecule has 3 nitrogen and oxygen atoms in total. The number of hydrogen-bond acceptors (Lipinski definition) is 3. The molecule has 0 amide bonds. The van der Waals surface area contributed by atoms with Gasteiger partial charge in [0.1, 0.15) is 0 Å². The first-order chi connectivity index (χ1) is 15.3. The SMILES string of the molecule is C.CC1(C)OB(c2cc[c-]c3c2ccc2c4c(cnc23)C2CC3CC(C2)CC4C3)OC1(C)C.[Ir]. The fourth-order valence-electron chi connectivity index (χ4n) is 7.29. The van der Waals surface area contributed by atoms with Gasteiger partial charge in [-0.05, 0) is 106 Å². The fourth-order valence-corrected chi connectivity index (χ4v) is 7.29. The summed E-state index contributed by atoms with van der Waals surface area (Å²) in [6.45, 7) is 8.44. The Morgan fingerprint density at radius 1 is 0.882 bits per heavy atom. The Bertz CT molecular complexity index is 1240. The zero-order valence-electron chi connectivity index (χ0n) is 19.9. The van der Waals surface area contributed by atoms with Crippen molar-refractivity contribution in [2.75, 3.05) is 0 Å². The van der Waals surface area contributed by atoms with Gasteiger partial charge < -0.3 is 14.3 Å². The zero-order valence-corrected chi connectivity index (χ0v) is 22.3. The van der Waals surface area contributed by atoms with E-state index in [1.807, 2.05) is 6.07 Å². The van der Waals surface area contributed by atoms with Crippen LogP contribution in [-0.2, 0) is 29.4 Å². The number of benzene rings is 2. The second kappa shape index (κ2) is 8.13. The molecule has 2 unspecified atom stereocenters. The van der Waals surface area contributed by atoms with Crippen LogP contribution in [0.4, 0.5) is 0 Å². The molecular weight excluding hydrogens is 597 g/mol. The average molecular weight is 633 g/mol. The Hall–Kier alpha value is -1.26. The van der Waals surface area contributed by atoms with E-state index in [9.17, 15) is 0 Å². The van der Waals surface area contributed by atoms with Crippen molar-refractivity contribution in [3.05, 3.63) is 47.7 Å². The van der Waals surface area contributed by atoms with E-state index in [4.69, 9.17) is 14.3 Å². The largest absolute Gasteiger partial charge is 0.475 e. The van der Waals surface area contributed by atoms with Crippen LogP contribution < -0.4 is 5.46 Å². The molecule has 0 spiro atoms. The Balaban J connectivity index is 0.00000120. The first kappa shape index (κ1) is 24.4. The van der Waals surface area contributed by atoms with Gasteiger partial charge in [-0.15, -0.1) is 29.0 Å². The number of aromatic nitrogens is 1. The van der Waals surface area contributed by atoms with Gasteiger partial charge in [0.15, 0.2) is 0 Å². The van der Waals surface area contributed by atoms with Crippen molar-refractivity contribution in [2.45, 2.75) is 90.3 Å². The van der Waals surface area contributed by atoms with Crippen LogP contribution in [0.1, 0.15) is 90.2 Å². The molecule has 34 heavy (non-hydrogen) atoms. The maximum absolute atomic E-state index is 6.39. The number of hydrogen-bond donors (Lipinski definition) is 0. The minimum atomic E-state index is -0.373. The fraction of sp³-hybridized carbons (Fsp3) is 0.552. The Kier molecular flexibility index (Phi) is 5.85. The van der Waals surface area contributed by atoms with Gasteiger partial charge in [0.05, 0.1) is 11.2 Å². The summed E-state index contributed by atoms with van der Waals surface area (Å²) >= 11 is 0. The van der Waals surface area contributed by atoms with Crippen LogP contribution in [-0.4, -0.2) is 23.3 Å². The maximum Gasteiger partial charge on any atom is 0.475 e. The summed E-state index contributed by atoms with van der Waals surface area (Å²) in [4.78, 5) is 5.08. The summed E-state index contributed by atoms with van der Waals surface area (Å²) in [5, 5.41) is 3.60. The van der Waals surface area contributed by atoms with E-state index in [0.717, 1.165) is 33.6 Å². The van der Waals surface area contributed by atoms with Crippen molar-refractivity contribution in [1.29, 1.82) is 0 Å². The quantitative estimate of drug-likeness (QED) is 0.174. The molecule has 2 aromatic carbocycles. The predicted molar refractivity (Wildman–Crippen MR) is 136 cm³/mol. The van der Waals surface area contributed by atoms with Crippen LogP contribution in [0.2, 0.25) is 0 Å². The first-order valence-corrected chi connectivity index (χ1v) is 12.4. The van der Waals surface area contributed by atoms with Crippen LogP contribution >= 0.6 is 0 Å². The van der Waals surface area contributed by atoms with Gasteiger partial charge in [0.25, 0.3) is 0 Å². The number of pyridine rings is 1. The van der Waals surface area contributed by atoms with E-state index in [-0.39, 0.29) is 45.9 Å². The van der Waals surface area contributed by atoms with Gasteiger partial charge in [-0.2, -0.15) is 0 Å². The van der Waals surface area contributed by atoms with E-state index in [1.54, 1.807) is 11.1 Å². The van der Waals surface area contributed by atoms with E-state index in [0.29, 0.717) is 11.8 Å². The number of nitrogens with zero attached hydrogens (tertiary/aromatic N) is 1. The summed E-state index contributed by atoms with van der Waals surface area (Å²) in [6.07, 6.45) is 9.17. The molecule has 4 aliphatic carbocycles. The van der Waals surface area contributed by atoms with Gasteiger partial charge in [-0.1, -0.05) is 25.0 Å².